The summed E-state index contributed by atoms with van der Waals surface area (Å²) in [5, 5.41) is 8.04. The van der Waals surface area contributed by atoms with E-state index in [1.807, 2.05) is 93.7 Å². The number of aliphatic imine (C=N–C) groups is 1. The predicted octanol–water partition coefficient (Wildman–Crippen LogP) is 27.6. The molecule has 8 heterocycles. The molecule has 0 saturated carbocycles. The molecule has 2 N–H and O–H groups in total. The van der Waals surface area contributed by atoms with Gasteiger partial charge in [0, 0.05) is 110 Å². The normalized spacial score (nSPS) is 13.8. The van der Waals surface area contributed by atoms with Crippen LogP contribution >= 0.6 is 80.9 Å². The Labute approximate surface area is 676 Å². The number of hydrogen-bond acceptors (Lipinski definition) is 7. The number of nitrogens with zero attached hydrogens (tertiary/aromatic N) is 7. The number of benzene rings is 6. The number of rotatable bonds is 1. The Kier molecular flexibility index (Phi) is 28.9. The molecule has 0 amide bonds. The molecule has 14 rings (SSSR count). The second kappa shape index (κ2) is 35.5. The highest BCUT2D eigenvalue weighted by Crippen LogP contribution is 2.46. The van der Waals surface area contributed by atoms with Gasteiger partial charge < -0.3 is 24.0 Å². The van der Waals surface area contributed by atoms with Gasteiger partial charge in [0.15, 0.2) is 5.78 Å². The van der Waals surface area contributed by atoms with E-state index in [1.54, 1.807) is 28.3 Å². The Bertz CT molecular complexity index is 5020. The van der Waals surface area contributed by atoms with Gasteiger partial charge in [0.1, 0.15) is 4.34 Å². The molecule has 6 aromatic heterocycles. The number of pyridine rings is 1. The summed E-state index contributed by atoms with van der Waals surface area (Å²) < 4.78 is 7.06. The third kappa shape index (κ3) is 23.5. The lowest BCUT2D eigenvalue weighted by Gasteiger charge is -2.40. The van der Waals surface area contributed by atoms with Crippen molar-refractivity contribution >= 4 is 148 Å². The van der Waals surface area contributed by atoms with Gasteiger partial charge in [0.2, 0.25) is 0 Å². The van der Waals surface area contributed by atoms with E-state index in [9.17, 15) is 9.59 Å². The average molecular weight is 1600 g/mol. The van der Waals surface area contributed by atoms with Crippen molar-refractivity contribution in [3.05, 3.63) is 243 Å². The van der Waals surface area contributed by atoms with Crippen molar-refractivity contribution in [3.8, 4) is 0 Å². The van der Waals surface area contributed by atoms with E-state index in [4.69, 9.17) is 69.6 Å². The fourth-order valence-electron chi connectivity index (χ4n) is 12.4. The molecule has 2 aliphatic heterocycles. The number of para-hydroxylation sites is 5. The minimum absolute atomic E-state index is 0.00613. The number of nitrogens with one attached hydrogen (secondary N) is 2. The number of ketones is 1. The number of aryl methyl sites for hydroxylation is 1. The SMILES string of the molecule is CC(C)(C)C1C=Nc2cc(Cl)c(Cl)cc21.CC(C)(C)N1CC(=O)Cc2ccccc21.CC(C)(C)c1c[nH]c2ccccc12.CC(C)(C)c1ncc(Cl)s1.CC(C)(C)n1c(=O)[nH]c2ccccc21.CC(C)(C)n1ccc2cc(Cl)c(Cl)cc21.CC(C)(C)n1ccc2ccccc21.CCc1cc(C(C)(C)C)ncc1Cl. The van der Waals surface area contributed by atoms with Gasteiger partial charge in [-0.15, -0.1) is 11.3 Å². The Morgan fingerprint density at radius 2 is 1.06 bits per heavy atom. The first kappa shape index (κ1) is 88.1. The number of carbonyl (C=O) groups excluding carboxylic acids is 1. The van der Waals surface area contributed by atoms with Crippen molar-refractivity contribution in [1.82, 2.24) is 33.6 Å². The number of thiazole rings is 1. The monoisotopic (exact) mass is 1590 g/mol. The van der Waals surface area contributed by atoms with Gasteiger partial charge >= 0.3 is 5.69 Å². The molecule has 0 saturated heterocycles. The number of anilines is 1. The fraction of sp³-hybridized carbons (Fsp3) is 0.411. The van der Waals surface area contributed by atoms with Crippen molar-refractivity contribution < 1.29 is 4.79 Å². The smallest absolute Gasteiger partial charge is 0.326 e. The van der Waals surface area contributed by atoms with Crippen LogP contribution in [0.2, 0.25) is 29.4 Å². The molecule has 0 fully saturated rings. The number of halogens is 6. The largest absolute Gasteiger partial charge is 0.361 e. The van der Waals surface area contributed by atoms with Crippen LogP contribution in [0.25, 0.3) is 43.7 Å². The topological polar surface area (TPSA) is 122 Å². The van der Waals surface area contributed by atoms with Gasteiger partial charge in [-0.25, -0.2) is 9.78 Å². The lowest BCUT2D eigenvalue weighted by molar-refractivity contribution is -0.117. The van der Waals surface area contributed by atoms with E-state index in [1.165, 1.54) is 44.2 Å². The Hall–Kier alpha value is -7.13. The minimum atomic E-state index is -0.184. The molecule has 0 bridgehead atoms. The molecule has 2 aliphatic rings. The lowest BCUT2D eigenvalue weighted by Crippen LogP contribution is -2.47. The summed E-state index contributed by atoms with van der Waals surface area (Å²) in [5.41, 5.74) is 14.3. The van der Waals surface area contributed by atoms with Crippen LogP contribution in [0.3, 0.4) is 0 Å². The summed E-state index contributed by atoms with van der Waals surface area (Å²) in [6, 6.07) is 46.8. The van der Waals surface area contributed by atoms with Gasteiger partial charge in [-0.3, -0.25) is 19.3 Å². The Balaban J connectivity index is 0.000000172. The number of fused-ring (bicyclic) bond motifs is 6. The van der Waals surface area contributed by atoms with Crippen LogP contribution in [0.1, 0.15) is 212 Å². The van der Waals surface area contributed by atoms with Crippen LogP contribution in [0.15, 0.2) is 180 Å². The van der Waals surface area contributed by atoms with E-state index in [0.29, 0.717) is 44.8 Å². The number of H-pyrrole nitrogens is 2. The maximum Gasteiger partial charge on any atom is 0.326 e. The minimum Gasteiger partial charge on any atom is -0.361 e. The van der Waals surface area contributed by atoms with Gasteiger partial charge in [0.05, 0.1) is 65.1 Å². The van der Waals surface area contributed by atoms with Crippen molar-refractivity contribution in [1.29, 1.82) is 0 Å². The Morgan fingerprint density at radius 1 is 0.509 bits per heavy atom. The first-order valence-electron chi connectivity index (χ1n) is 36.9. The first-order chi connectivity index (χ1) is 49.9. The zero-order chi connectivity index (χ0) is 80.6. The van der Waals surface area contributed by atoms with Gasteiger partial charge in [-0.1, -0.05) is 226 Å². The van der Waals surface area contributed by atoms with Crippen LogP contribution in [0.5, 0.6) is 0 Å². The third-order valence-electron chi connectivity index (χ3n) is 18.2. The zero-order valence-corrected chi connectivity index (χ0v) is 73.4. The molecule has 6 aromatic carbocycles. The molecule has 1 unspecified atom stereocenters. The number of Topliss-reactive ketones (excluding diaryl/α,β-unsaturated/α-hetero) is 1. The lowest BCUT2D eigenvalue weighted by atomic mass is 9.78. The van der Waals surface area contributed by atoms with E-state index >= 15 is 0 Å². The summed E-state index contributed by atoms with van der Waals surface area (Å²) in [5.74, 6) is 0.630. The molecular weight excluding hydrogens is 1480 g/mol. The molecule has 12 aromatic rings. The average Bonchev–Trinajstić information content (AvgIpc) is 1.73. The highest BCUT2D eigenvalue weighted by molar-refractivity contribution is 7.15. The molecule has 0 radical (unpaired) electrons. The van der Waals surface area contributed by atoms with Gasteiger partial charge in [0.25, 0.3) is 0 Å². The summed E-state index contributed by atoms with van der Waals surface area (Å²) >= 11 is 37.2. The number of aromatic amines is 2. The van der Waals surface area contributed by atoms with Gasteiger partial charge in [-0.2, -0.15) is 0 Å². The second-order valence-electron chi connectivity index (χ2n) is 35.6. The van der Waals surface area contributed by atoms with Crippen LogP contribution < -0.4 is 10.6 Å². The van der Waals surface area contributed by atoms with Crippen molar-refractivity contribution in [2.45, 2.75) is 230 Å². The molecule has 1 atom stereocenters. The number of aromatic nitrogens is 7. The quantitative estimate of drug-likeness (QED) is 0.170. The summed E-state index contributed by atoms with van der Waals surface area (Å²) in [6.45, 7) is 54.4. The summed E-state index contributed by atoms with van der Waals surface area (Å²) in [7, 11) is 0. The third-order valence-corrected chi connectivity index (χ3v) is 21.5. The molecule has 578 valence electrons. The van der Waals surface area contributed by atoms with Gasteiger partial charge in [-0.05, 0) is 201 Å². The molecular formula is C90H113Cl6N9O2S. The van der Waals surface area contributed by atoms with E-state index < -0.39 is 0 Å². The number of hydrogen-bond donors (Lipinski definition) is 2. The molecule has 0 spiro atoms. The maximum absolute atomic E-state index is 11.7. The number of imidazole rings is 1. The van der Waals surface area contributed by atoms with Crippen LogP contribution in [0, 0.1) is 5.41 Å². The fourth-order valence-corrected chi connectivity index (χ4v) is 14.3. The highest BCUT2D eigenvalue weighted by Gasteiger charge is 2.32. The molecule has 108 heavy (non-hydrogen) atoms. The van der Waals surface area contributed by atoms with Crippen LogP contribution in [-0.4, -0.2) is 57.7 Å². The maximum atomic E-state index is 11.7. The van der Waals surface area contributed by atoms with Crippen molar-refractivity contribution in [2.24, 2.45) is 10.4 Å². The molecule has 18 heteroatoms. The first-order valence-corrected chi connectivity index (χ1v) is 40.0. The van der Waals surface area contributed by atoms with E-state index in [0.717, 1.165) is 59.7 Å². The van der Waals surface area contributed by atoms with Crippen molar-refractivity contribution in [3.63, 3.8) is 0 Å². The summed E-state index contributed by atoms with van der Waals surface area (Å²) in [4.78, 5) is 44.5. The summed E-state index contributed by atoms with van der Waals surface area (Å²) in [6.07, 6.45) is 13.3. The van der Waals surface area contributed by atoms with E-state index in [-0.39, 0.29) is 49.5 Å². The predicted molar refractivity (Wildman–Crippen MR) is 471 cm³/mol. The van der Waals surface area contributed by atoms with E-state index in [2.05, 4.69) is 283 Å². The molecule has 11 nitrogen and oxygen atoms in total. The second-order valence-corrected chi connectivity index (χ2v) is 39.3. The highest BCUT2D eigenvalue weighted by atomic mass is 35.5. The van der Waals surface area contributed by atoms with Crippen LogP contribution in [0.4, 0.5) is 11.4 Å². The zero-order valence-electron chi connectivity index (χ0n) is 68.1. The standard InChI is InChI=1S/C13H17NO.2C12H13Cl2N.2C12H15N.C11H16ClN.C11H14N2O.C7H10ClNS/c1-13(2,3)14-9-11(15)8-10-6-4-5-7-12(10)14;1-12(2,3)8-6-15-11-5-10(14)9(13)4-7(8)11;1-12(2,3)15-5-4-8-6-9(13)10(14)7-11(8)15;1-12(2,3)13-9-8-10-6-4-5-7-11(10)13;1-12(2,3)10-8-13-11-7-5-4-6-9(10)11;1-5-8-6-10(11(2,3)4)13-7-9(8)12;1-11(2,3)13-9-7-5-4-6-8(9)12-10(13)14;1-7(2,3)6-9-4-5(8)10-6/h4-7H,8-9H2,1-3H3;4-6,8H,1-3H3;4-7H,1-3H3;4-9H,1-3H3;4-8,13H,1-3H3;6-7H,5H2,1-4H3;4-7H,1-3H3,(H,12,14);4H,1-3H3. The number of carbonyl (C=O) groups is 1. The molecule has 0 aliphatic carbocycles. The Morgan fingerprint density at radius 3 is 1.61 bits per heavy atom. The van der Waals surface area contributed by atoms with Crippen molar-refractivity contribution in [2.75, 3.05) is 11.4 Å². The van der Waals surface area contributed by atoms with Crippen LogP contribution in [-0.2, 0) is 50.5 Å².